The Morgan fingerprint density at radius 1 is 1.16 bits per heavy atom. The molecule has 0 spiro atoms. The molecule has 3 aliphatic rings. The molecule has 1 atom stereocenters. The first kappa shape index (κ1) is 28.4. The van der Waals surface area contributed by atoms with Crippen molar-refractivity contribution >= 4 is 23.1 Å². The number of aryl methyl sites for hydroxylation is 1. The number of phenolic OH excluding ortho intramolecular Hbond substituents is 1. The first-order chi connectivity index (χ1) is 20.6. The predicted octanol–water partition coefficient (Wildman–Crippen LogP) is 7.35. The van der Waals surface area contributed by atoms with E-state index in [2.05, 4.69) is 16.4 Å². The van der Waals surface area contributed by atoms with Crippen molar-refractivity contribution in [1.29, 1.82) is 0 Å². The molecule has 8 heteroatoms. The Kier molecular flexibility index (Phi) is 7.38. The maximum Gasteiger partial charge on any atom is 0.277 e. The average Bonchev–Trinajstić information content (AvgIpc) is 3.11. The first-order valence-corrected chi connectivity index (χ1v) is 14.5. The summed E-state index contributed by atoms with van der Waals surface area (Å²) in [6.45, 7) is 6.11. The van der Waals surface area contributed by atoms with Crippen LogP contribution in [0.1, 0.15) is 67.3 Å². The van der Waals surface area contributed by atoms with Gasteiger partial charge in [0.2, 0.25) is 0 Å². The smallest absolute Gasteiger partial charge is 0.277 e. The van der Waals surface area contributed by atoms with Crippen LogP contribution in [0.4, 0.5) is 15.8 Å². The third-order valence-corrected chi connectivity index (χ3v) is 8.12. The quantitative estimate of drug-likeness (QED) is 0.307. The summed E-state index contributed by atoms with van der Waals surface area (Å²) in [5.74, 6) is -1.06. The van der Waals surface area contributed by atoms with E-state index in [0.29, 0.717) is 41.4 Å². The minimum absolute atomic E-state index is 0.0908. The lowest BCUT2D eigenvalue weighted by atomic mass is 9.73. The molecule has 1 aromatic heterocycles. The Morgan fingerprint density at radius 3 is 2.72 bits per heavy atom. The van der Waals surface area contributed by atoms with Gasteiger partial charge < -0.3 is 15.2 Å². The van der Waals surface area contributed by atoms with E-state index < -0.39 is 17.8 Å². The molecule has 0 radical (unpaired) electrons. The number of ether oxygens (including phenoxy) is 1. The second-order valence-corrected chi connectivity index (χ2v) is 12.1. The van der Waals surface area contributed by atoms with Gasteiger partial charge in [0.1, 0.15) is 35.3 Å². The van der Waals surface area contributed by atoms with Crippen LogP contribution in [0.2, 0.25) is 0 Å². The number of amides is 1. The minimum Gasteiger partial charge on any atom is -0.506 e. The number of pyridine rings is 1. The molecule has 220 valence electrons. The molecule has 0 bridgehead atoms. The summed E-state index contributed by atoms with van der Waals surface area (Å²) < 4.78 is 22.2. The summed E-state index contributed by atoms with van der Waals surface area (Å²) in [5, 5.41) is 14.3. The number of fused-ring (bicyclic) bond motifs is 1. The lowest BCUT2D eigenvalue weighted by Gasteiger charge is -2.37. The summed E-state index contributed by atoms with van der Waals surface area (Å²) in [6.07, 6.45) is 8.61. The number of hydrogen-bond donors (Lipinski definition) is 2. The number of nitrogens with zero attached hydrogens (tertiary/aromatic N) is 2. The molecule has 1 aliphatic heterocycles. The third-order valence-electron chi connectivity index (χ3n) is 8.12. The highest BCUT2D eigenvalue weighted by Crippen LogP contribution is 2.51. The third kappa shape index (κ3) is 5.57. The number of aromatic hydroxyl groups is 1. The molecule has 1 unspecified atom stereocenters. The van der Waals surface area contributed by atoms with Gasteiger partial charge in [0.05, 0.1) is 11.7 Å². The van der Waals surface area contributed by atoms with Gasteiger partial charge in [-0.25, -0.2) is 9.37 Å². The molecular weight excluding hydrogens is 545 g/mol. The normalized spacial score (nSPS) is 19.2. The molecule has 2 aromatic carbocycles. The summed E-state index contributed by atoms with van der Waals surface area (Å²) in [7, 11) is 0. The number of ketones is 1. The van der Waals surface area contributed by atoms with Crippen molar-refractivity contribution in [2.24, 2.45) is 5.41 Å². The maximum absolute atomic E-state index is 16.3. The van der Waals surface area contributed by atoms with E-state index >= 15 is 4.39 Å². The Hall–Kier alpha value is -4.72. The van der Waals surface area contributed by atoms with Crippen molar-refractivity contribution in [3.05, 3.63) is 112 Å². The van der Waals surface area contributed by atoms with Gasteiger partial charge in [-0.2, -0.15) is 0 Å². The van der Waals surface area contributed by atoms with Crippen molar-refractivity contribution < 1.29 is 23.8 Å². The van der Waals surface area contributed by atoms with E-state index in [-0.39, 0.29) is 40.3 Å². The molecule has 0 saturated carbocycles. The van der Waals surface area contributed by atoms with Crippen LogP contribution in [0.3, 0.4) is 0 Å². The molecule has 2 aliphatic carbocycles. The number of carbonyl (C=O) groups is 2. The van der Waals surface area contributed by atoms with Gasteiger partial charge in [-0.1, -0.05) is 44.2 Å². The number of anilines is 2. The number of hydrogen-bond acceptors (Lipinski definition) is 6. The minimum atomic E-state index is -1.12. The second kappa shape index (κ2) is 11.2. The molecule has 43 heavy (non-hydrogen) atoms. The maximum atomic E-state index is 16.3. The second-order valence-electron chi connectivity index (χ2n) is 12.1. The van der Waals surface area contributed by atoms with Crippen LogP contribution < -0.4 is 15.0 Å². The zero-order chi connectivity index (χ0) is 30.3. The summed E-state index contributed by atoms with van der Waals surface area (Å²) in [5.41, 5.74) is 3.10. The molecule has 0 fully saturated rings. The number of allylic oxidation sites excluding steroid dienone is 4. The zero-order valence-electron chi connectivity index (χ0n) is 24.5. The van der Waals surface area contributed by atoms with E-state index in [1.165, 1.54) is 17.0 Å². The Labute approximate surface area is 250 Å². The molecule has 2 heterocycles. The molecule has 7 nitrogen and oxygen atoms in total. The SMILES string of the molecule is Cc1cccc(C(=O)N2c3cccc(O)c3NC3=C(C(=O)CC(C)(C)C3)C2c2ccc(OCC3=CC=CCC3)cc2F)n1. The van der Waals surface area contributed by atoms with Crippen LogP contribution >= 0.6 is 0 Å². The lowest BCUT2D eigenvalue weighted by molar-refractivity contribution is -0.118. The van der Waals surface area contributed by atoms with Gasteiger partial charge in [-0.15, -0.1) is 0 Å². The Morgan fingerprint density at radius 2 is 1.98 bits per heavy atom. The van der Waals surface area contributed by atoms with E-state index in [0.717, 1.165) is 18.4 Å². The fourth-order valence-electron chi connectivity index (χ4n) is 6.11. The number of rotatable bonds is 5. The Bertz CT molecular complexity index is 1720. The first-order valence-electron chi connectivity index (χ1n) is 14.5. The Balaban J connectivity index is 1.52. The predicted molar refractivity (Wildman–Crippen MR) is 164 cm³/mol. The number of aromatic nitrogens is 1. The largest absolute Gasteiger partial charge is 0.506 e. The number of para-hydroxylation sites is 1. The van der Waals surface area contributed by atoms with Crippen molar-refractivity contribution in [3.63, 3.8) is 0 Å². The summed E-state index contributed by atoms with van der Waals surface area (Å²) >= 11 is 0. The summed E-state index contributed by atoms with van der Waals surface area (Å²) in [6, 6.07) is 13.4. The number of halogens is 1. The molecular formula is C35H34FN3O4. The van der Waals surface area contributed by atoms with E-state index in [9.17, 15) is 14.7 Å². The van der Waals surface area contributed by atoms with Crippen LogP contribution in [-0.2, 0) is 4.79 Å². The zero-order valence-corrected chi connectivity index (χ0v) is 24.5. The van der Waals surface area contributed by atoms with Crippen LogP contribution in [0.25, 0.3) is 0 Å². The average molecular weight is 580 g/mol. The van der Waals surface area contributed by atoms with E-state index in [1.807, 2.05) is 26.0 Å². The topological polar surface area (TPSA) is 91.8 Å². The number of carbonyl (C=O) groups excluding carboxylic acids is 2. The van der Waals surface area contributed by atoms with Gasteiger partial charge in [-0.3, -0.25) is 14.5 Å². The fraction of sp³-hybridized carbons (Fsp3) is 0.286. The van der Waals surface area contributed by atoms with E-state index in [1.54, 1.807) is 49.4 Å². The van der Waals surface area contributed by atoms with Gasteiger partial charge >= 0.3 is 0 Å². The number of nitrogens with one attached hydrogen (secondary N) is 1. The van der Waals surface area contributed by atoms with Crippen LogP contribution in [0.15, 0.2) is 89.7 Å². The number of benzene rings is 2. The highest BCUT2D eigenvalue weighted by molar-refractivity contribution is 6.11. The van der Waals surface area contributed by atoms with Gasteiger partial charge in [0, 0.05) is 35.0 Å². The van der Waals surface area contributed by atoms with Crippen molar-refractivity contribution in [3.8, 4) is 11.5 Å². The number of Topliss-reactive ketones (excluding diaryl/α,β-unsaturated/α-hetero) is 1. The van der Waals surface area contributed by atoms with Gasteiger partial charge in [0.25, 0.3) is 5.91 Å². The van der Waals surface area contributed by atoms with Crippen LogP contribution in [-0.4, -0.2) is 28.4 Å². The van der Waals surface area contributed by atoms with Gasteiger partial charge in [-0.05, 0) is 73.6 Å². The number of phenols is 1. The van der Waals surface area contributed by atoms with E-state index in [4.69, 9.17) is 4.74 Å². The van der Waals surface area contributed by atoms with Crippen molar-refractivity contribution in [2.45, 2.75) is 52.5 Å². The van der Waals surface area contributed by atoms with Crippen molar-refractivity contribution in [1.82, 2.24) is 4.98 Å². The van der Waals surface area contributed by atoms with Crippen LogP contribution in [0, 0.1) is 18.2 Å². The summed E-state index contributed by atoms with van der Waals surface area (Å²) in [4.78, 5) is 34.2. The van der Waals surface area contributed by atoms with Crippen LogP contribution in [0.5, 0.6) is 11.5 Å². The van der Waals surface area contributed by atoms with Gasteiger partial charge in [0.15, 0.2) is 5.78 Å². The fourth-order valence-corrected chi connectivity index (χ4v) is 6.11. The molecule has 6 rings (SSSR count). The molecule has 3 aromatic rings. The highest BCUT2D eigenvalue weighted by Gasteiger charge is 2.45. The standard InChI is InChI=1S/C35H34FN3O4/c1-21-9-7-12-26(37-21)34(42)39-28-13-8-14-29(40)32(28)38-27-18-35(2,3)19-30(41)31(27)33(39)24-16-15-23(17-25(24)36)43-20-22-10-5-4-6-11-22/h4-5,7-10,12-17,33,38,40H,6,11,18-20H2,1-3H3. The monoisotopic (exact) mass is 579 g/mol. The lowest BCUT2D eigenvalue weighted by Crippen LogP contribution is -2.40. The van der Waals surface area contributed by atoms with Crippen molar-refractivity contribution in [2.75, 3.05) is 16.8 Å². The molecule has 2 N–H and O–H groups in total. The highest BCUT2D eigenvalue weighted by atomic mass is 19.1. The molecule has 1 amide bonds. The molecule has 0 saturated heterocycles.